The topological polar surface area (TPSA) is 105 Å². The van der Waals surface area contributed by atoms with Gasteiger partial charge in [0, 0.05) is 12.5 Å². The summed E-state index contributed by atoms with van der Waals surface area (Å²) in [6.45, 7) is 7.08. The molecule has 118 valence electrons. The maximum atomic E-state index is 11.8. The van der Waals surface area contributed by atoms with Crippen LogP contribution in [-0.4, -0.2) is 40.8 Å². The van der Waals surface area contributed by atoms with Crippen LogP contribution in [0.5, 0.6) is 0 Å². The molecule has 1 aliphatic heterocycles. The lowest BCUT2D eigenvalue weighted by atomic mass is 9.87. The maximum absolute atomic E-state index is 11.8. The number of ether oxygens (including phenoxy) is 1. The standard InChI is InChI=1S/C14H22N2O5/c1-13(2,3)21-12(20)16-14(4,11(18)19)7-9-5-6-15-10(9)8-17/h9,15H,5-7H2,1-4H3,(H,16,20)(H,18,19)/t9-,14-/m0/s1. The molecule has 0 aromatic carbocycles. The fourth-order valence-corrected chi connectivity index (χ4v) is 2.21. The minimum absolute atomic E-state index is 0.0964. The molecule has 0 spiro atoms. The minimum atomic E-state index is -1.51. The number of alkyl carbamates (subject to hydrolysis) is 1. The van der Waals surface area contributed by atoms with Crippen LogP contribution in [0.25, 0.3) is 0 Å². The average Bonchev–Trinajstić information content (AvgIpc) is 2.72. The molecule has 0 aromatic heterocycles. The first-order chi connectivity index (χ1) is 9.57. The average molecular weight is 298 g/mol. The first kappa shape index (κ1) is 17.0. The third kappa shape index (κ3) is 4.79. The third-order valence-corrected chi connectivity index (χ3v) is 3.23. The molecule has 1 rings (SSSR count). The maximum Gasteiger partial charge on any atom is 0.408 e. The second-order valence-corrected chi connectivity index (χ2v) is 6.40. The lowest BCUT2D eigenvalue weighted by molar-refractivity contribution is -0.144. The van der Waals surface area contributed by atoms with E-state index < -0.39 is 23.2 Å². The lowest BCUT2D eigenvalue weighted by Crippen LogP contribution is -2.54. The summed E-state index contributed by atoms with van der Waals surface area (Å²) in [6.07, 6.45) is -0.0715. The molecule has 1 aliphatic rings. The molecule has 2 atom stereocenters. The molecule has 1 saturated heterocycles. The summed E-state index contributed by atoms with van der Waals surface area (Å²) in [5.41, 5.74) is -1.87. The lowest BCUT2D eigenvalue weighted by Gasteiger charge is -2.30. The van der Waals surface area contributed by atoms with Crippen molar-refractivity contribution >= 4 is 18.0 Å². The number of aliphatic carboxylic acids is 1. The number of hydrogen-bond donors (Lipinski definition) is 3. The van der Waals surface area contributed by atoms with Crippen LogP contribution in [0.4, 0.5) is 4.79 Å². The van der Waals surface area contributed by atoms with Gasteiger partial charge in [0.25, 0.3) is 0 Å². The Morgan fingerprint density at radius 1 is 1.43 bits per heavy atom. The number of hydrogen-bond acceptors (Lipinski definition) is 5. The first-order valence-corrected chi connectivity index (χ1v) is 6.81. The summed E-state index contributed by atoms with van der Waals surface area (Å²) < 4.78 is 5.09. The van der Waals surface area contributed by atoms with Crippen molar-refractivity contribution in [2.75, 3.05) is 6.54 Å². The van der Waals surface area contributed by atoms with E-state index in [0.717, 1.165) is 0 Å². The van der Waals surface area contributed by atoms with Crippen LogP contribution in [0.1, 0.15) is 40.5 Å². The van der Waals surface area contributed by atoms with Crippen molar-refractivity contribution in [2.24, 2.45) is 5.92 Å². The Bertz CT molecular complexity index is 476. The van der Waals surface area contributed by atoms with E-state index in [2.05, 4.69) is 10.6 Å². The van der Waals surface area contributed by atoms with E-state index in [0.29, 0.717) is 18.7 Å². The van der Waals surface area contributed by atoms with Gasteiger partial charge in [0.1, 0.15) is 17.1 Å². The Labute approximate surface area is 123 Å². The molecule has 1 heterocycles. The summed E-state index contributed by atoms with van der Waals surface area (Å²) in [7, 11) is 0. The second kappa shape index (κ2) is 6.18. The molecule has 0 aromatic rings. The van der Waals surface area contributed by atoms with Crippen molar-refractivity contribution in [1.82, 2.24) is 10.6 Å². The molecule has 0 aliphatic carbocycles. The summed E-state index contributed by atoms with van der Waals surface area (Å²) in [4.78, 5) is 34.1. The van der Waals surface area contributed by atoms with Gasteiger partial charge in [-0.05, 0) is 40.5 Å². The Morgan fingerprint density at radius 3 is 2.52 bits per heavy atom. The Balaban J connectivity index is 2.81. The molecule has 0 unspecified atom stereocenters. The Kier molecular flexibility index (Phi) is 5.01. The number of amides is 1. The molecular formula is C14H22N2O5. The van der Waals surface area contributed by atoms with Gasteiger partial charge in [-0.3, -0.25) is 0 Å². The summed E-state index contributed by atoms with van der Waals surface area (Å²) in [5.74, 6) is 0.345. The van der Waals surface area contributed by atoms with E-state index in [4.69, 9.17) is 4.74 Å². The second-order valence-electron chi connectivity index (χ2n) is 6.40. The van der Waals surface area contributed by atoms with Gasteiger partial charge in [0.2, 0.25) is 0 Å². The van der Waals surface area contributed by atoms with Crippen LogP contribution < -0.4 is 10.6 Å². The zero-order valence-corrected chi connectivity index (χ0v) is 12.8. The molecule has 0 radical (unpaired) electrons. The molecule has 0 bridgehead atoms. The predicted octanol–water partition coefficient (Wildman–Crippen LogP) is 1.07. The fraction of sp³-hybridized carbons (Fsp3) is 0.714. The van der Waals surface area contributed by atoms with E-state index in [9.17, 15) is 19.5 Å². The Morgan fingerprint density at radius 2 is 2.05 bits per heavy atom. The molecule has 21 heavy (non-hydrogen) atoms. The van der Waals surface area contributed by atoms with Crippen LogP contribution in [0.15, 0.2) is 5.70 Å². The summed E-state index contributed by atoms with van der Waals surface area (Å²) in [6, 6.07) is 0. The Hall–Kier alpha value is -2.01. The first-order valence-electron chi connectivity index (χ1n) is 6.81. The van der Waals surface area contributed by atoms with Gasteiger partial charge >= 0.3 is 12.1 Å². The number of carboxylic acids is 1. The quantitative estimate of drug-likeness (QED) is 0.671. The molecule has 3 N–H and O–H groups in total. The van der Waals surface area contributed by atoms with Crippen molar-refractivity contribution in [3.63, 3.8) is 0 Å². The van der Waals surface area contributed by atoms with Crippen molar-refractivity contribution < 1.29 is 24.2 Å². The normalized spacial score (nSPS) is 21.0. The van der Waals surface area contributed by atoms with E-state index in [-0.39, 0.29) is 12.3 Å². The minimum Gasteiger partial charge on any atom is -0.480 e. The molecule has 0 saturated carbocycles. The number of allylic oxidation sites excluding steroid dienone is 1. The molecule has 7 heteroatoms. The van der Waals surface area contributed by atoms with E-state index >= 15 is 0 Å². The molecule has 1 amide bonds. The number of carbonyl (C=O) groups excluding carboxylic acids is 2. The van der Waals surface area contributed by atoms with Crippen molar-refractivity contribution in [3.8, 4) is 0 Å². The third-order valence-electron chi connectivity index (χ3n) is 3.23. The highest BCUT2D eigenvalue weighted by atomic mass is 16.6. The highest BCUT2D eigenvalue weighted by Crippen LogP contribution is 2.27. The smallest absolute Gasteiger partial charge is 0.408 e. The van der Waals surface area contributed by atoms with Crippen LogP contribution in [0.2, 0.25) is 0 Å². The van der Waals surface area contributed by atoms with Gasteiger partial charge < -0.3 is 20.5 Å². The van der Waals surface area contributed by atoms with Gasteiger partial charge in [-0.15, -0.1) is 0 Å². The van der Waals surface area contributed by atoms with Crippen molar-refractivity contribution in [1.29, 1.82) is 0 Å². The van der Waals surface area contributed by atoms with Gasteiger partial charge in [0.05, 0.1) is 5.70 Å². The summed E-state index contributed by atoms with van der Waals surface area (Å²) in [5, 5.41) is 14.7. The van der Waals surface area contributed by atoms with Gasteiger partial charge in [-0.1, -0.05) is 0 Å². The number of carbonyl (C=O) groups is 2. The SMILES string of the molecule is CC(C)(C)OC(=O)N[C@@](C)(C[C@@H]1CCNC1=C=O)C(=O)O. The van der Waals surface area contributed by atoms with Gasteiger partial charge in [-0.2, -0.15) is 0 Å². The van der Waals surface area contributed by atoms with Crippen molar-refractivity contribution in [2.45, 2.75) is 51.7 Å². The van der Waals surface area contributed by atoms with E-state index in [1.54, 1.807) is 26.7 Å². The van der Waals surface area contributed by atoms with Gasteiger partial charge in [0.15, 0.2) is 0 Å². The molecule has 1 fully saturated rings. The monoisotopic (exact) mass is 298 g/mol. The summed E-state index contributed by atoms with van der Waals surface area (Å²) >= 11 is 0. The zero-order chi connectivity index (χ0) is 16.3. The van der Waals surface area contributed by atoms with Crippen LogP contribution in [-0.2, 0) is 14.3 Å². The highest BCUT2D eigenvalue weighted by Gasteiger charge is 2.40. The fourth-order valence-electron chi connectivity index (χ4n) is 2.21. The van der Waals surface area contributed by atoms with Crippen LogP contribution in [0.3, 0.4) is 0 Å². The van der Waals surface area contributed by atoms with Crippen LogP contribution >= 0.6 is 0 Å². The number of carboxylic acid groups (broad SMARTS) is 1. The van der Waals surface area contributed by atoms with Crippen LogP contribution in [0, 0.1) is 5.92 Å². The van der Waals surface area contributed by atoms with E-state index in [1.807, 2.05) is 0 Å². The van der Waals surface area contributed by atoms with Gasteiger partial charge in [-0.25, -0.2) is 14.4 Å². The van der Waals surface area contributed by atoms with Crippen molar-refractivity contribution in [3.05, 3.63) is 5.70 Å². The predicted molar refractivity (Wildman–Crippen MR) is 75.3 cm³/mol. The molecule has 7 nitrogen and oxygen atoms in total. The highest BCUT2D eigenvalue weighted by molar-refractivity contribution is 5.84. The zero-order valence-electron chi connectivity index (χ0n) is 12.8. The molecular weight excluding hydrogens is 276 g/mol. The number of rotatable bonds is 4. The largest absolute Gasteiger partial charge is 0.480 e. The van der Waals surface area contributed by atoms with E-state index in [1.165, 1.54) is 6.92 Å². The number of nitrogens with one attached hydrogen (secondary N) is 2.